The standard InChI is InChI=1S/C20H30N4O/c1-3-21-20(23-17-13-16-8-9-19(17)25-16)22-10-11-24-14(2)12-15-6-4-5-7-18(15)24/h4-7,14,16-17,19H,3,8-13H2,1-2H3,(H2,21,22,23). The van der Waals surface area contributed by atoms with E-state index in [4.69, 9.17) is 9.73 Å². The predicted molar refractivity (Wildman–Crippen MR) is 102 cm³/mol. The summed E-state index contributed by atoms with van der Waals surface area (Å²) in [5.41, 5.74) is 2.84. The fourth-order valence-corrected chi connectivity index (χ4v) is 4.53. The van der Waals surface area contributed by atoms with Crippen molar-refractivity contribution in [2.24, 2.45) is 4.99 Å². The lowest BCUT2D eigenvalue weighted by molar-refractivity contribution is 0.0992. The van der Waals surface area contributed by atoms with Gasteiger partial charge in [0, 0.05) is 24.8 Å². The second-order valence-corrected chi connectivity index (χ2v) is 7.50. The molecule has 4 unspecified atom stereocenters. The topological polar surface area (TPSA) is 48.9 Å². The molecule has 0 amide bonds. The van der Waals surface area contributed by atoms with E-state index in [1.54, 1.807) is 0 Å². The summed E-state index contributed by atoms with van der Waals surface area (Å²) in [6.45, 7) is 7.07. The van der Waals surface area contributed by atoms with Gasteiger partial charge < -0.3 is 20.3 Å². The van der Waals surface area contributed by atoms with Crippen LogP contribution in [0.3, 0.4) is 0 Å². The van der Waals surface area contributed by atoms with Crippen LogP contribution in [0.2, 0.25) is 0 Å². The largest absolute Gasteiger partial charge is 0.373 e. The SMILES string of the molecule is CCNC(=NCCN1c2ccccc2CC1C)NC1CC2CCC1O2. The summed E-state index contributed by atoms with van der Waals surface area (Å²) >= 11 is 0. The summed E-state index contributed by atoms with van der Waals surface area (Å²) in [4.78, 5) is 7.32. The maximum absolute atomic E-state index is 5.95. The van der Waals surface area contributed by atoms with E-state index in [2.05, 4.69) is 53.6 Å². The van der Waals surface area contributed by atoms with Gasteiger partial charge in [-0.2, -0.15) is 0 Å². The van der Waals surface area contributed by atoms with Crippen LogP contribution in [-0.2, 0) is 11.2 Å². The first kappa shape index (κ1) is 16.7. The van der Waals surface area contributed by atoms with Crippen LogP contribution in [0.25, 0.3) is 0 Å². The molecule has 5 heteroatoms. The zero-order chi connectivity index (χ0) is 17.2. The van der Waals surface area contributed by atoms with Gasteiger partial charge in [-0.25, -0.2) is 0 Å². The summed E-state index contributed by atoms with van der Waals surface area (Å²) in [6, 6.07) is 9.73. The quantitative estimate of drug-likeness (QED) is 0.637. The molecule has 4 atom stereocenters. The van der Waals surface area contributed by atoms with E-state index in [9.17, 15) is 0 Å². The van der Waals surface area contributed by atoms with Gasteiger partial charge in [-0.3, -0.25) is 4.99 Å². The molecule has 2 saturated heterocycles. The average Bonchev–Trinajstić information content (AvgIpc) is 3.30. The Morgan fingerprint density at radius 2 is 2.20 bits per heavy atom. The van der Waals surface area contributed by atoms with Crippen molar-refractivity contribution in [3.63, 3.8) is 0 Å². The highest BCUT2D eigenvalue weighted by Gasteiger charge is 2.41. The zero-order valence-corrected chi connectivity index (χ0v) is 15.4. The van der Waals surface area contributed by atoms with Gasteiger partial charge >= 0.3 is 0 Å². The first-order valence-electron chi connectivity index (χ1n) is 9.79. The van der Waals surface area contributed by atoms with Crippen LogP contribution in [0.1, 0.15) is 38.7 Å². The molecule has 2 N–H and O–H groups in total. The summed E-state index contributed by atoms with van der Waals surface area (Å²) < 4.78 is 5.95. The molecule has 1 aromatic carbocycles. The van der Waals surface area contributed by atoms with Crippen LogP contribution in [0.5, 0.6) is 0 Å². The van der Waals surface area contributed by atoms with Crippen LogP contribution < -0.4 is 15.5 Å². The van der Waals surface area contributed by atoms with Gasteiger partial charge in [0.15, 0.2) is 5.96 Å². The molecule has 3 heterocycles. The number of benzene rings is 1. The Morgan fingerprint density at radius 1 is 1.32 bits per heavy atom. The highest BCUT2D eigenvalue weighted by Crippen LogP contribution is 2.34. The van der Waals surface area contributed by atoms with Crippen LogP contribution in [0, 0.1) is 0 Å². The van der Waals surface area contributed by atoms with Crippen molar-refractivity contribution < 1.29 is 4.74 Å². The second-order valence-electron chi connectivity index (χ2n) is 7.50. The molecule has 136 valence electrons. The summed E-state index contributed by atoms with van der Waals surface area (Å²) in [5.74, 6) is 0.934. The summed E-state index contributed by atoms with van der Waals surface area (Å²) in [5, 5.41) is 6.99. The number of nitrogens with zero attached hydrogens (tertiary/aromatic N) is 2. The van der Waals surface area contributed by atoms with Crippen molar-refractivity contribution in [2.45, 2.75) is 63.8 Å². The first-order valence-corrected chi connectivity index (χ1v) is 9.79. The van der Waals surface area contributed by atoms with Gasteiger partial charge in [-0.1, -0.05) is 18.2 Å². The Bertz CT molecular complexity index is 632. The van der Waals surface area contributed by atoms with E-state index in [0.717, 1.165) is 38.4 Å². The van der Waals surface area contributed by atoms with Crippen LogP contribution >= 0.6 is 0 Å². The second kappa shape index (κ2) is 7.24. The lowest BCUT2D eigenvalue weighted by Gasteiger charge is -2.25. The molecule has 0 spiro atoms. The van der Waals surface area contributed by atoms with Gasteiger partial charge in [0.2, 0.25) is 0 Å². The summed E-state index contributed by atoms with van der Waals surface area (Å²) in [6.07, 6.45) is 5.51. The average molecular weight is 342 g/mol. The minimum Gasteiger partial charge on any atom is -0.373 e. The Balaban J connectivity index is 1.35. The smallest absolute Gasteiger partial charge is 0.191 e. The maximum atomic E-state index is 5.95. The van der Waals surface area contributed by atoms with Gasteiger partial charge in [-0.05, 0) is 51.2 Å². The lowest BCUT2D eigenvalue weighted by Crippen LogP contribution is -2.47. The Kier molecular flexibility index (Phi) is 4.84. The molecular weight excluding hydrogens is 312 g/mol. The third-order valence-corrected chi connectivity index (χ3v) is 5.73. The third kappa shape index (κ3) is 3.47. The Labute approximate surface area is 150 Å². The van der Waals surface area contributed by atoms with E-state index in [0.29, 0.717) is 24.3 Å². The monoisotopic (exact) mass is 342 g/mol. The first-order chi connectivity index (χ1) is 12.2. The molecule has 4 rings (SSSR count). The third-order valence-electron chi connectivity index (χ3n) is 5.73. The minimum atomic E-state index is 0.374. The van der Waals surface area contributed by atoms with E-state index >= 15 is 0 Å². The highest BCUT2D eigenvalue weighted by atomic mass is 16.5. The van der Waals surface area contributed by atoms with Crippen molar-refractivity contribution in [1.29, 1.82) is 0 Å². The van der Waals surface area contributed by atoms with E-state index in [1.165, 1.54) is 24.1 Å². The number of aliphatic imine (C=N–C) groups is 1. The van der Waals surface area contributed by atoms with Gasteiger partial charge in [0.1, 0.15) is 0 Å². The number of para-hydroxylation sites is 1. The molecule has 0 saturated carbocycles. The number of ether oxygens (including phenoxy) is 1. The number of nitrogens with one attached hydrogen (secondary N) is 2. The molecule has 0 radical (unpaired) electrons. The molecule has 5 nitrogen and oxygen atoms in total. The van der Waals surface area contributed by atoms with Crippen LogP contribution in [0.4, 0.5) is 5.69 Å². The fourth-order valence-electron chi connectivity index (χ4n) is 4.53. The van der Waals surface area contributed by atoms with Crippen molar-refractivity contribution in [2.75, 3.05) is 24.5 Å². The van der Waals surface area contributed by atoms with Crippen molar-refractivity contribution in [3.05, 3.63) is 29.8 Å². The number of fused-ring (bicyclic) bond motifs is 3. The number of hydrogen-bond donors (Lipinski definition) is 2. The van der Waals surface area contributed by atoms with Crippen molar-refractivity contribution in [1.82, 2.24) is 10.6 Å². The van der Waals surface area contributed by atoms with E-state index in [-0.39, 0.29) is 0 Å². The van der Waals surface area contributed by atoms with Gasteiger partial charge in [0.25, 0.3) is 0 Å². The normalized spacial score (nSPS) is 30.6. The van der Waals surface area contributed by atoms with E-state index in [1.807, 2.05) is 0 Å². The lowest BCUT2D eigenvalue weighted by atomic mass is 9.96. The molecule has 1 aromatic rings. The van der Waals surface area contributed by atoms with Gasteiger partial charge in [-0.15, -0.1) is 0 Å². The molecule has 3 aliphatic rings. The highest BCUT2D eigenvalue weighted by molar-refractivity contribution is 5.80. The molecule has 2 fully saturated rings. The van der Waals surface area contributed by atoms with Crippen LogP contribution in [0.15, 0.2) is 29.3 Å². The van der Waals surface area contributed by atoms with Gasteiger partial charge in [0.05, 0.1) is 24.8 Å². The molecule has 2 bridgehead atoms. The Morgan fingerprint density at radius 3 is 2.96 bits per heavy atom. The van der Waals surface area contributed by atoms with E-state index < -0.39 is 0 Å². The zero-order valence-electron chi connectivity index (χ0n) is 15.4. The Hall–Kier alpha value is -1.75. The number of rotatable bonds is 5. The fraction of sp³-hybridized carbons (Fsp3) is 0.650. The maximum Gasteiger partial charge on any atom is 0.191 e. The number of guanidine groups is 1. The van der Waals surface area contributed by atoms with Crippen molar-refractivity contribution in [3.8, 4) is 0 Å². The molecule has 0 aromatic heterocycles. The molecule has 3 aliphatic heterocycles. The molecule has 0 aliphatic carbocycles. The predicted octanol–water partition coefficient (Wildman–Crippen LogP) is 2.31. The van der Waals surface area contributed by atoms with Crippen molar-refractivity contribution >= 4 is 11.6 Å². The number of anilines is 1. The molecule has 25 heavy (non-hydrogen) atoms. The minimum absolute atomic E-state index is 0.374. The summed E-state index contributed by atoms with van der Waals surface area (Å²) in [7, 11) is 0. The molecular formula is C20H30N4O. The number of hydrogen-bond acceptors (Lipinski definition) is 3. The van der Waals surface area contributed by atoms with Crippen LogP contribution in [-0.4, -0.2) is 49.9 Å².